The van der Waals surface area contributed by atoms with Crippen LogP contribution >= 0.6 is 0 Å². The van der Waals surface area contributed by atoms with Gasteiger partial charge in [0.2, 0.25) is 0 Å². The molecule has 0 fully saturated rings. The van der Waals surface area contributed by atoms with Crippen LogP contribution in [-0.2, 0) is 6.54 Å². The van der Waals surface area contributed by atoms with Gasteiger partial charge >= 0.3 is 0 Å². The summed E-state index contributed by atoms with van der Waals surface area (Å²) in [6, 6.07) is 9.99. The van der Waals surface area contributed by atoms with Gasteiger partial charge in [-0.3, -0.25) is 4.98 Å². The Kier molecular flexibility index (Phi) is 6.55. The molecule has 0 aliphatic rings. The molecule has 0 aliphatic carbocycles. The maximum Gasteiger partial charge on any atom is 0.163 e. The maximum absolute atomic E-state index is 5.80. The molecule has 0 radical (unpaired) electrons. The highest BCUT2D eigenvalue weighted by atomic mass is 16.5. The number of nitrogens with one attached hydrogen (secondary N) is 1. The number of hydrogen-bond donors (Lipinski definition) is 1. The summed E-state index contributed by atoms with van der Waals surface area (Å²) in [4.78, 5) is 4.02. The van der Waals surface area contributed by atoms with Crippen LogP contribution in [0.1, 0.15) is 32.3 Å². The molecule has 0 spiro atoms. The first-order valence-electron chi connectivity index (χ1n) is 7.86. The summed E-state index contributed by atoms with van der Waals surface area (Å²) in [5, 5.41) is 3.40. The zero-order valence-electron chi connectivity index (χ0n) is 13.3. The second kappa shape index (κ2) is 8.93. The SMILES string of the molecule is CCCOc1ccc(NCc2ccncc2)cc1OCCC. The van der Waals surface area contributed by atoms with Crippen molar-refractivity contribution in [1.82, 2.24) is 4.98 Å². The third-order valence-electron chi connectivity index (χ3n) is 3.11. The molecule has 0 atom stereocenters. The molecule has 118 valence electrons. The van der Waals surface area contributed by atoms with E-state index < -0.39 is 0 Å². The Balaban J connectivity index is 2.04. The van der Waals surface area contributed by atoms with Crippen LogP contribution in [0.25, 0.3) is 0 Å². The summed E-state index contributed by atoms with van der Waals surface area (Å²) in [6.45, 7) is 6.34. The number of anilines is 1. The quantitative estimate of drug-likeness (QED) is 0.751. The summed E-state index contributed by atoms with van der Waals surface area (Å²) in [5.74, 6) is 1.61. The van der Waals surface area contributed by atoms with Crippen molar-refractivity contribution in [2.45, 2.75) is 33.2 Å². The first kappa shape index (κ1) is 16.1. The first-order chi connectivity index (χ1) is 10.8. The normalized spacial score (nSPS) is 10.3. The lowest BCUT2D eigenvalue weighted by Crippen LogP contribution is -2.03. The molecule has 0 aliphatic heterocycles. The number of aromatic nitrogens is 1. The van der Waals surface area contributed by atoms with E-state index in [1.165, 1.54) is 5.56 Å². The van der Waals surface area contributed by atoms with Gasteiger partial charge in [-0.15, -0.1) is 0 Å². The van der Waals surface area contributed by atoms with E-state index in [9.17, 15) is 0 Å². The standard InChI is InChI=1S/C18H24N2O2/c1-3-11-21-17-6-5-16(13-18(17)22-12-4-2)20-14-15-7-9-19-10-8-15/h5-10,13,20H,3-4,11-12,14H2,1-2H3. The van der Waals surface area contributed by atoms with Crippen LogP contribution in [0.2, 0.25) is 0 Å². The summed E-state index contributed by atoms with van der Waals surface area (Å²) in [5.41, 5.74) is 2.21. The highest BCUT2D eigenvalue weighted by molar-refractivity contribution is 5.55. The second-order valence-corrected chi connectivity index (χ2v) is 5.07. The molecule has 0 saturated carbocycles. The fraction of sp³-hybridized carbons (Fsp3) is 0.389. The zero-order valence-corrected chi connectivity index (χ0v) is 13.3. The first-order valence-corrected chi connectivity index (χ1v) is 7.86. The molecule has 0 bridgehead atoms. The summed E-state index contributed by atoms with van der Waals surface area (Å²) >= 11 is 0. The Morgan fingerprint density at radius 3 is 2.27 bits per heavy atom. The molecule has 1 heterocycles. The predicted octanol–water partition coefficient (Wildman–Crippen LogP) is 4.27. The Bertz CT molecular complexity index is 558. The molecule has 1 N–H and O–H groups in total. The largest absolute Gasteiger partial charge is 0.490 e. The van der Waals surface area contributed by atoms with Gasteiger partial charge in [0.15, 0.2) is 11.5 Å². The van der Waals surface area contributed by atoms with Crippen LogP contribution in [0.4, 0.5) is 5.69 Å². The van der Waals surface area contributed by atoms with E-state index in [2.05, 4.69) is 24.1 Å². The van der Waals surface area contributed by atoms with Crippen molar-refractivity contribution in [3.05, 3.63) is 48.3 Å². The molecule has 2 aromatic rings. The molecule has 1 aromatic heterocycles. The Morgan fingerprint density at radius 2 is 1.59 bits per heavy atom. The molecule has 0 unspecified atom stereocenters. The molecule has 0 amide bonds. The molecular weight excluding hydrogens is 276 g/mol. The van der Waals surface area contributed by atoms with E-state index in [1.807, 2.05) is 30.3 Å². The molecule has 1 aromatic carbocycles. The number of nitrogens with zero attached hydrogens (tertiary/aromatic N) is 1. The molecular formula is C18H24N2O2. The van der Waals surface area contributed by atoms with Gasteiger partial charge in [0.05, 0.1) is 13.2 Å². The fourth-order valence-electron chi connectivity index (χ4n) is 1.98. The lowest BCUT2D eigenvalue weighted by molar-refractivity contribution is 0.268. The highest BCUT2D eigenvalue weighted by Crippen LogP contribution is 2.31. The van der Waals surface area contributed by atoms with E-state index >= 15 is 0 Å². The number of benzene rings is 1. The van der Waals surface area contributed by atoms with Crippen molar-refractivity contribution < 1.29 is 9.47 Å². The highest BCUT2D eigenvalue weighted by Gasteiger charge is 2.06. The van der Waals surface area contributed by atoms with Crippen molar-refractivity contribution in [1.29, 1.82) is 0 Å². The van der Waals surface area contributed by atoms with Crippen LogP contribution in [0, 0.1) is 0 Å². The van der Waals surface area contributed by atoms with Crippen LogP contribution < -0.4 is 14.8 Å². The number of hydrogen-bond acceptors (Lipinski definition) is 4. The number of pyridine rings is 1. The minimum Gasteiger partial charge on any atom is -0.490 e. The number of ether oxygens (including phenoxy) is 2. The van der Waals surface area contributed by atoms with Gasteiger partial charge in [-0.25, -0.2) is 0 Å². The minimum atomic E-state index is 0.691. The summed E-state index contributed by atoms with van der Waals surface area (Å²) < 4.78 is 11.5. The minimum absolute atomic E-state index is 0.691. The summed E-state index contributed by atoms with van der Waals surface area (Å²) in [7, 11) is 0. The van der Waals surface area contributed by atoms with Gasteiger partial charge in [-0.05, 0) is 42.7 Å². The van der Waals surface area contributed by atoms with E-state index in [-0.39, 0.29) is 0 Å². The third-order valence-corrected chi connectivity index (χ3v) is 3.11. The van der Waals surface area contributed by atoms with Crippen molar-refractivity contribution >= 4 is 5.69 Å². The van der Waals surface area contributed by atoms with Gasteiger partial charge in [-0.2, -0.15) is 0 Å². The van der Waals surface area contributed by atoms with Gasteiger partial charge in [0.1, 0.15) is 0 Å². The predicted molar refractivity (Wildman–Crippen MR) is 89.6 cm³/mol. The van der Waals surface area contributed by atoms with Crippen LogP contribution in [0.5, 0.6) is 11.5 Å². The molecule has 4 nitrogen and oxygen atoms in total. The van der Waals surface area contributed by atoms with Crippen LogP contribution in [-0.4, -0.2) is 18.2 Å². The van der Waals surface area contributed by atoms with Crippen molar-refractivity contribution in [3.8, 4) is 11.5 Å². The topological polar surface area (TPSA) is 43.4 Å². The van der Waals surface area contributed by atoms with E-state index in [1.54, 1.807) is 12.4 Å². The van der Waals surface area contributed by atoms with E-state index in [0.717, 1.165) is 36.6 Å². The van der Waals surface area contributed by atoms with Crippen LogP contribution in [0.15, 0.2) is 42.7 Å². The Labute approximate surface area is 132 Å². The second-order valence-electron chi connectivity index (χ2n) is 5.07. The smallest absolute Gasteiger partial charge is 0.163 e. The van der Waals surface area contributed by atoms with Gasteiger partial charge < -0.3 is 14.8 Å². The Morgan fingerprint density at radius 1 is 0.909 bits per heavy atom. The molecule has 2 rings (SSSR count). The zero-order chi connectivity index (χ0) is 15.6. The monoisotopic (exact) mass is 300 g/mol. The van der Waals surface area contributed by atoms with E-state index in [0.29, 0.717) is 13.2 Å². The van der Waals surface area contributed by atoms with Gasteiger partial charge in [0.25, 0.3) is 0 Å². The summed E-state index contributed by atoms with van der Waals surface area (Å²) in [6.07, 6.45) is 5.56. The van der Waals surface area contributed by atoms with Gasteiger partial charge in [0, 0.05) is 30.7 Å². The van der Waals surface area contributed by atoms with Gasteiger partial charge in [-0.1, -0.05) is 13.8 Å². The molecule has 4 heteroatoms. The van der Waals surface area contributed by atoms with Crippen molar-refractivity contribution in [3.63, 3.8) is 0 Å². The van der Waals surface area contributed by atoms with Crippen LogP contribution in [0.3, 0.4) is 0 Å². The maximum atomic E-state index is 5.80. The lowest BCUT2D eigenvalue weighted by Gasteiger charge is -2.14. The lowest BCUT2D eigenvalue weighted by atomic mass is 10.2. The average molecular weight is 300 g/mol. The fourth-order valence-corrected chi connectivity index (χ4v) is 1.98. The van der Waals surface area contributed by atoms with Crippen molar-refractivity contribution in [2.24, 2.45) is 0 Å². The average Bonchev–Trinajstić information content (AvgIpc) is 2.58. The Hall–Kier alpha value is -2.23. The third kappa shape index (κ3) is 4.95. The molecule has 0 saturated heterocycles. The molecule has 22 heavy (non-hydrogen) atoms. The number of rotatable bonds is 9. The van der Waals surface area contributed by atoms with E-state index in [4.69, 9.17) is 9.47 Å². The van der Waals surface area contributed by atoms with Crippen molar-refractivity contribution in [2.75, 3.05) is 18.5 Å².